The summed E-state index contributed by atoms with van der Waals surface area (Å²) in [5.74, 6) is 0.355. The molecule has 0 N–H and O–H groups in total. The largest absolute Gasteiger partial charge is 0.362 e. The zero-order chi connectivity index (χ0) is 18.7. The van der Waals surface area contributed by atoms with Gasteiger partial charge in [0.25, 0.3) is 0 Å². The van der Waals surface area contributed by atoms with E-state index in [1.54, 1.807) is 0 Å². The molecule has 2 unspecified atom stereocenters. The van der Waals surface area contributed by atoms with Gasteiger partial charge in [-0.1, -0.05) is 48.5 Å². The molecule has 0 aliphatic heterocycles. The van der Waals surface area contributed by atoms with E-state index in [2.05, 4.69) is 13.8 Å². The first-order chi connectivity index (χ1) is 10.2. The normalized spacial score (nSPS) is 18.2. The zero-order valence-corrected chi connectivity index (χ0v) is 17.1. The maximum absolute atomic E-state index is 12.9. The third kappa shape index (κ3) is 5.70. The first-order valence-electron chi connectivity index (χ1n) is 8.96. The lowest BCUT2D eigenvalue weighted by atomic mass is 9.66. The van der Waals surface area contributed by atoms with Crippen molar-refractivity contribution in [3.05, 3.63) is 0 Å². The van der Waals surface area contributed by atoms with Crippen molar-refractivity contribution < 1.29 is 14.3 Å². The van der Waals surface area contributed by atoms with Crippen molar-refractivity contribution in [1.82, 2.24) is 0 Å². The molecule has 0 rings (SSSR count). The van der Waals surface area contributed by atoms with Crippen molar-refractivity contribution in [3.8, 4) is 0 Å². The van der Waals surface area contributed by atoms with Gasteiger partial charge < -0.3 is 4.74 Å². The number of hydrogen-bond donors (Lipinski definition) is 0. The Balaban J connectivity index is 5.52. The van der Waals surface area contributed by atoms with Crippen LogP contribution in [0.2, 0.25) is 0 Å². The monoisotopic (exact) mass is 326 g/mol. The summed E-state index contributed by atoms with van der Waals surface area (Å²) in [6.45, 7) is 19.6. The smallest absolute Gasteiger partial charge is 0.163 e. The van der Waals surface area contributed by atoms with E-state index in [0.717, 1.165) is 12.8 Å². The summed E-state index contributed by atoms with van der Waals surface area (Å²) in [7, 11) is 0. The summed E-state index contributed by atoms with van der Waals surface area (Å²) in [5.41, 5.74) is -2.15. The van der Waals surface area contributed by atoms with Gasteiger partial charge in [-0.05, 0) is 40.0 Å². The molecule has 3 nitrogen and oxygen atoms in total. The van der Waals surface area contributed by atoms with Crippen LogP contribution in [0, 0.1) is 10.8 Å². The Hall–Kier alpha value is -0.700. The molecular weight excluding hydrogens is 288 g/mol. The summed E-state index contributed by atoms with van der Waals surface area (Å²) < 4.78 is 6.29. The van der Waals surface area contributed by atoms with E-state index in [9.17, 15) is 9.59 Å². The summed E-state index contributed by atoms with van der Waals surface area (Å²) in [6.07, 6.45) is 2.62. The van der Waals surface area contributed by atoms with Crippen molar-refractivity contribution in [2.75, 3.05) is 0 Å². The van der Waals surface area contributed by atoms with Crippen molar-refractivity contribution >= 4 is 11.6 Å². The van der Waals surface area contributed by atoms with Crippen LogP contribution in [0.15, 0.2) is 0 Å². The number of rotatable bonds is 9. The Morgan fingerprint density at radius 1 is 0.826 bits per heavy atom. The second kappa shape index (κ2) is 7.46. The maximum atomic E-state index is 12.9. The fourth-order valence-electron chi connectivity index (χ4n) is 3.43. The minimum atomic E-state index is -0.820. The third-order valence-corrected chi connectivity index (χ3v) is 5.02. The molecule has 0 spiro atoms. The second-order valence-corrected chi connectivity index (χ2v) is 8.86. The maximum Gasteiger partial charge on any atom is 0.163 e. The topological polar surface area (TPSA) is 43.4 Å². The number of carbonyl (C=O) groups excluding carboxylic acids is 2. The van der Waals surface area contributed by atoms with Crippen molar-refractivity contribution in [1.29, 1.82) is 0 Å². The van der Waals surface area contributed by atoms with Crippen molar-refractivity contribution in [3.63, 3.8) is 0 Å². The number of ether oxygens (including phenoxy) is 1. The number of Topliss-reactive ketones (excluding diaryl/α,β-unsaturated/α-hetero) is 2. The van der Waals surface area contributed by atoms with Gasteiger partial charge in [0.15, 0.2) is 5.78 Å². The predicted octanol–water partition coefficient (Wildman–Crippen LogP) is 5.35. The predicted molar refractivity (Wildman–Crippen MR) is 96.6 cm³/mol. The van der Waals surface area contributed by atoms with E-state index in [1.165, 1.54) is 0 Å². The summed E-state index contributed by atoms with van der Waals surface area (Å²) in [5, 5.41) is 0. The molecule has 0 amide bonds. The third-order valence-electron chi connectivity index (χ3n) is 5.02. The van der Waals surface area contributed by atoms with Gasteiger partial charge in [-0.2, -0.15) is 0 Å². The highest BCUT2D eigenvalue weighted by molar-refractivity contribution is 5.89. The summed E-state index contributed by atoms with van der Waals surface area (Å²) in [4.78, 5) is 25.1. The molecule has 0 radical (unpaired) electrons. The van der Waals surface area contributed by atoms with Gasteiger partial charge in [-0.25, -0.2) is 0 Å². The van der Waals surface area contributed by atoms with E-state index in [0.29, 0.717) is 12.8 Å². The van der Waals surface area contributed by atoms with Crippen molar-refractivity contribution in [2.45, 2.75) is 106 Å². The SMILES string of the molecule is CCC(=O)C(C)(C)OC(C)(CC)CC(C)(CC)C(=O)C(C)(C)C. The summed E-state index contributed by atoms with van der Waals surface area (Å²) in [6, 6.07) is 0. The molecule has 23 heavy (non-hydrogen) atoms. The highest BCUT2D eigenvalue weighted by Crippen LogP contribution is 2.42. The number of ketones is 2. The first kappa shape index (κ1) is 22.3. The molecule has 2 atom stereocenters. The van der Waals surface area contributed by atoms with Crippen LogP contribution in [0.3, 0.4) is 0 Å². The molecule has 0 aromatic rings. The molecule has 0 aromatic carbocycles. The van der Waals surface area contributed by atoms with Crippen molar-refractivity contribution in [2.24, 2.45) is 10.8 Å². The highest BCUT2D eigenvalue weighted by atomic mass is 16.5. The molecule has 0 heterocycles. The fourth-order valence-corrected chi connectivity index (χ4v) is 3.43. The van der Waals surface area contributed by atoms with Crippen LogP contribution in [-0.2, 0) is 14.3 Å². The molecule has 0 aliphatic carbocycles. The number of carbonyl (C=O) groups is 2. The Bertz CT molecular complexity index is 431. The lowest BCUT2D eigenvalue weighted by Crippen LogP contribution is -2.49. The molecule has 0 aliphatic rings. The lowest BCUT2D eigenvalue weighted by molar-refractivity contribution is -0.174. The lowest BCUT2D eigenvalue weighted by Gasteiger charge is -2.44. The van der Waals surface area contributed by atoms with Crippen LogP contribution in [0.1, 0.15) is 94.9 Å². The molecule has 3 heteroatoms. The standard InChI is InChI=1S/C20H38O3/c1-11-15(21)18(7,8)23-20(10,13-3)14-19(9,12-2)16(22)17(4,5)6/h11-14H2,1-10H3. The minimum Gasteiger partial charge on any atom is -0.362 e. The molecule has 0 aromatic heterocycles. The van der Waals surface area contributed by atoms with Gasteiger partial charge in [-0.3, -0.25) is 9.59 Å². The van der Waals surface area contributed by atoms with Gasteiger partial charge in [-0.15, -0.1) is 0 Å². The van der Waals surface area contributed by atoms with Crippen LogP contribution in [0.4, 0.5) is 0 Å². The average Bonchev–Trinajstić information content (AvgIpc) is 2.43. The number of hydrogen-bond acceptors (Lipinski definition) is 3. The van der Waals surface area contributed by atoms with Crippen LogP contribution >= 0.6 is 0 Å². The fraction of sp³-hybridized carbons (Fsp3) is 0.900. The van der Waals surface area contributed by atoms with Crippen LogP contribution in [-0.4, -0.2) is 22.8 Å². The zero-order valence-electron chi connectivity index (χ0n) is 17.1. The molecule has 0 fully saturated rings. The molecule has 0 bridgehead atoms. The van der Waals surface area contributed by atoms with Crippen LogP contribution < -0.4 is 0 Å². The first-order valence-corrected chi connectivity index (χ1v) is 8.96. The van der Waals surface area contributed by atoms with Gasteiger partial charge in [0, 0.05) is 17.3 Å². The van der Waals surface area contributed by atoms with E-state index in [1.807, 2.05) is 55.4 Å². The quantitative estimate of drug-likeness (QED) is 0.573. The molecule has 0 saturated carbocycles. The van der Waals surface area contributed by atoms with E-state index >= 15 is 0 Å². The van der Waals surface area contributed by atoms with Gasteiger partial charge in [0.1, 0.15) is 11.4 Å². The summed E-state index contributed by atoms with van der Waals surface area (Å²) >= 11 is 0. The van der Waals surface area contributed by atoms with E-state index in [-0.39, 0.29) is 17.0 Å². The average molecular weight is 327 g/mol. The van der Waals surface area contributed by atoms with E-state index in [4.69, 9.17) is 4.74 Å². The molecule has 0 saturated heterocycles. The van der Waals surface area contributed by atoms with Gasteiger partial charge in [0.2, 0.25) is 0 Å². The van der Waals surface area contributed by atoms with E-state index < -0.39 is 16.6 Å². The Kier molecular flexibility index (Phi) is 7.23. The van der Waals surface area contributed by atoms with Crippen LogP contribution in [0.25, 0.3) is 0 Å². The Morgan fingerprint density at radius 2 is 1.30 bits per heavy atom. The van der Waals surface area contributed by atoms with Gasteiger partial charge in [0.05, 0.1) is 5.60 Å². The molecule has 136 valence electrons. The van der Waals surface area contributed by atoms with Gasteiger partial charge >= 0.3 is 0 Å². The Morgan fingerprint density at radius 3 is 1.61 bits per heavy atom. The Labute approximate surface area is 143 Å². The molecular formula is C20H38O3. The van der Waals surface area contributed by atoms with Crippen LogP contribution in [0.5, 0.6) is 0 Å². The minimum absolute atomic E-state index is 0.0949. The second-order valence-electron chi connectivity index (χ2n) is 8.86. The highest BCUT2D eigenvalue weighted by Gasteiger charge is 2.45.